The van der Waals surface area contributed by atoms with Gasteiger partial charge >= 0.3 is 6.09 Å². The quantitative estimate of drug-likeness (QED) is 0.235. The third kappa shape index (κ3) is 9.17. The van der Waals surface area contributed by atoms with Crippen molar-refractivity contribution in [1.29, 1.82) is 0 Å². The van der Waals surface area contributed by atoms with Crippen molar-refractivity contribution in [3.05, 3.63) is 48.6 Å². The number of aromatic nitrogens is 4. The highest BCUT2D eigenvalue weighted by molar-refractivity contribution is 7.91. The van der Waals surface area contributed by atoms with Crippen LogP contribution in [0.5, 0.6) is 17.4 Å². The van der Waals surface area contributed by atoms with Crippen LogP contribution in [0.2, 0.25) is 0 Å². The number of nitrogens with one attached hydrogen (secondary N) is 3. The fourth-order valence-corrected chi connectivity index (χ4v) is 10.4. The smallest absolute Gasteiger partial charge is 0.407 e. The average molecular weight is 877 g/mol. The summed E-state index contributed by atoms with van der Waals surface area (Å²) in [4.78, 5) is 67.3. The van der Waals surface area contributed by atoms with E-state index >= 15 is 0 Å². The first-order valence-electron chi connectivity index (χ1n) is 21.5. The molecule has 4 fully saturated rings. The molecule has 4 bridgehead atoms. The second-order valence-corrected chi connectivity index (χ2v) is 20.1. The molecule has 3 N–H and O–H groups in total. The zero-order valence-corrected chi connectivity index (χ0v) is 36.5. The Morgan fingerprint density at radius 1 is 1.11 bits per heavy atom. The Morgan fingerprint density at radius 3 is 2.56 bits per heavy atom. The predicted octanol–water partition coefficient (Wildman–Crippen LogP) is 3.62. The Bertz CT molecular complexity index is 2360. The number of aryl methyl sites for hydroxylation is 2. The predicted molar refractivity (Wildman–Crippen MR) is 224 cm³/mol. The van der Waals surface area contributed by atoms with E-state index in [0.717, 1.165) is 24.8 Å². The number of sulfonamides is 1. The molecule has 5 aliphatic rings. The summed E-state index contributed by atoms with van der Waals surface area (Å²) in [6.45, 7) is 7.95. The number of hydrogen-bond donors (Lipinski definition) is 3. The second kappa shape index (κ2) is 17.0. The normalized spacial score (nSPS) is 26.7. The van der Waals surface area contributed by atoms with Crippen molar-refractivity contribution in [2.45, 2.75) is 120 Å². The maximum Gasteiger partial charge on any atom is 0.407 e. The third-order valence-corrected chi connectivity index (χ3v) is 14.7. The van der Waals surface area contributed by atoms with Crippen LogP contribution >= 0.6 is 0 Å². The lowest BCUT2D eigenvalue weighted by molar-refractivity contribution is -0.142. The number of carbonyl (C=O) groups is 4. The second-order valence-electron chi connectivity index (χ2n) is 18.2. The molecule has 2 aromatic heterocycles. The van der Waals surface area contributed by atoms with Crippen molar-refractivity contribution in [3.63, 3.8) is 0 Å². The minimum absolute atomic E-state index is 0.00526. The third-order valence-electron chi connectivity index (χ3n) is 12.8. The van der Waals surface area contributed by atoms with Crippen molar-refractivity contribution in [3.8, 4) is 17.4 Å². The van der Waals surface area contributed by atoms with Crippen molar-refractivity contribution in [2.24, 2.45) is 24.3 Å². The highest BCUT2D eigenvalue weighted by atomic mass is 32.2. The molecule has 3 aliphatic carbocycles. The Morgan fingerprint density at radius 2 is 1.89 bits per heavy atom. The van der Waals surface area contributed by atoms with Gasteiger partial charge in [0.25, 0.3) is 5.91 Å². The van der Waals surface area contributed by atoms with Crippen molar-refractivity contribution < 1.29 is 46.5 Å². The molecule has 4 heterocycles. The fraction of sp³-hybridized carbons (Fsp3) is 0.605. The zero-order chi connectivity index (χ0) is 44.0. The Balaban J connectivity index is 1.16. The van der Waals surface area contributed by atoms with Crippen LogP contribution in [0.15, 0.2) is 37.2 Å². The molecule has 0 spiro atoms. The molecule has 4 amide bonds. The highest BCUT2D eigenvalue weighted by Gasteiger charge is 2.62. The van der Waals surface area contributed by atoms with Crippen molar-refractivity contribution in [2.75, 3.05) is 20.3 Å². The number of nitrogens with zero attached hydrogens (tertiary/aromatic N) is 5. The molecule has 334 valence electrons. The molecule has 19 heteroatoms. The summed E-state index contributed by atoms with van der Waals surface area (Å²) in [6.07, 6.45) is 7.87. The summed E-state index contributed by atoms with van der Waals surface area (Å²) in [7, 11) is -0.580. The van der Waals surface area contributed by atoms with Gasteiger partial charge in [-0.05, 0) is 74.3 Å². The Hall–Kier alpha value is -5.46. The van der Waals surface area contributed by atoms with E-state index in [1.807, 2.05) is 26.0 Å². The van der Waals surface area contributed by atoms with E-state index in [-0.39, 0.29) is 44.4 Å². The molecular weight excluding hydrogens is 821 g/mol. The SMILES string of the molecule is C=C[C@@H]1C[C@]1(NC(=O)[C@@H]1C[C@@H]2CN1C(=O)[C@H](C1CCCC1)NC(=O)OCC(C)(C)CCCc1cc3c(cc(OCc4ncn(C)n4)nc3cc1OC)O2)C(=O)NS(=O)(=O)C1CC1. The minimum atomic E-state index is -3.93. The summed E-state index contributed by atoms with van der Waals surface area (Å²) >= 11 is 0. The van der Waals surface area contributed by atoms with E-state index in [4.69, 9.17) is 23.9 Å². The molecule has 5 atom stereocenters. The van der Waals surface area contributed by atoms with Gasteiger partial charge in [-0.1, -0.05) is 32.8 Å². The lowest BCUT2D eigenvalue weighted by Gasteiger charge is -2.32. The molecule has 2 aliphatic heterocycles. The number of cyclic esters (lactones) is 1. The number of carbonyl (C=O) groups excluding carboxylic acids is 4. The first kappa shape index (κ1) is 43.2. The van der Waals surface area contributed by atoms with Gasteiger partial charge in [-0.3, -0.25) is 23.8 Å². The molecule has 1 aromatic carbocycles. The van der Waals surface area contributed by atoms with Crippen LogP contribution in [-0.2, 0) is 49.2 Å². The molecule has 62 heavy (non-hydrogen) atoms. The van der Waals surface area contributed by atoms with Gasteiger partial charge in [-0.15, -0.1) is 6.58 Å². The van der Waals surface area contributed by atoms with Crippen LogP contribution in [0.3, 0.4) is 0 Å². The Labute approximate surface area is 360 Å². The summed E-state index contributed by atoms with van der Waals surface area (Å²) in [5, 5.41) is 10.0. The number of alkyl carbamates (subject to hydrolysis) is 1. The van der Waals surface area contributed by atoms with Crippen molar-refractivity contribution >= 4 is 44.7 Å². The van der Waals surface area contributed by atoms with E-state index in [0.29, 0.717) is 66.8 Å². The van der Waals surface area contributed by atoms with Gasteiger partial charge in [0.2, 0.25) is 27.7 Å². The van der Waals surface area contributed by atoms with Gasteiger partial charge in [-0.2, -0.15) is 5.10 Å². The molecular formula is C43H56N8O10S. The average Bonchev–Trinajstić information content (AvgIpc) is 4.03. The molecule has 3 saturated carbocycles. The number of benzene rings is 1. The summed E-state index contributed by atoms with van der Waals surface area (Å²) in [5.41, 5.74) is -0.548. The molecule has 1 saturated heterocycles. The van der Waals surface area contributed by atoms with Gasteiger partial charge < -0.3 is 34.5 Å². The van der Waals surface area contributed by atoms with Crippen molar-refractivity contribution in [1.82, 2.24) is 40.0 Å². The lowest BCUT2D eigenvalue weighted by atomic mass is 9.87. The fourth-order valence-electron chi connectivity index (χ4n) is 9.07. The van der Waals surface area contributed by atoms with E-state index in [1.54, 1.807) is 31.2 Å². The molecule has 0 radical (unpaired) electrons. The highest BCUT2D eigenvalue weighted by Crippen LogP contribution is 2.46. The Kier molecular flexibility index (Phi) is 11.9. The van der Waals surface area contributed by atoms with Gasteiger partial charge in [-0.25, -0.2) is 23.2 Å². The number of rotatable bonds is 11. The lowest BCUT2D eigenvalue weighted by Crippen LogP contribution is -2.59. The summed E-state index contributed by atoms with van der Waals surface area (Å²) in [6, 6.07) is 3.30. The van der Waals surface area contributed by atoms with Crippen LogP contribution < -0.4 is 29.6 Å². The summed E-state index contributed by atoms with van der Waals surface area (Å²) < 4.78 is 54.0. The van der Waals surface area contributed by atoms with Crippen LogP contribution in [0, 0.1) is 17.3 Å². The number of ether oxygens (including phenoxy) is 4. The largest absolute Gasteiger partial charge is 0.496 e. The monoisotopic (exact) mass is 876 g/mol. The van der Waals surface area contributed by atoms with Gasteiger partial charge in [0.05, 0.1) is 31.0 Å². The topological polar surface area (TPSA) is 222 Å². The van der Waals surface area contributed by atoms with Crippen LogP contribution in [0.4, 0.5) is 4.79 Å². The van der Waals surface area contributed by atoms with E-state index in [2.05, 4.69) is 32.0 Å². The molecule has 0 unspecified atom stereocenters. The van der Waals surface area contributed by atoms with E-state index < -0.39 is 74.1 Å². The van der Waals surface area contributed by atoms with E-state index in [9.17, 15) is 27.6 Å². The number of methoxy groups -OCH3 is 1. The van der Waals surface area contributed by atoms with Gasteiger partial charge in [0.15, 0.2) is 12.4 Å². The van der Waals surface area contributed by atoms with Crippen LogP contribution in [0.25, 0.3) is 10.9 Å². The number of fused-ring (bicyclic) bond motifs is 3. The molecule has 3 aromatic rings. The number of pyridine rings is 1. The standard InChI is InChI=1S/C43H56N8O10S/c1-6-27-20-43(27,40(54)49-62(56,57)29-13-14-29)47-38(52)32-17-28-21-51(32)39(53)37(25-10-7-8-11-25)46-41(55)60-23-42(2,3)15-9-12-26-16-30-31(18-33(26)58-5)45-36(19-34(30)61-28)59-22-35-44-24-50(4)48-35/h6,16,18-19,24-25,27-29,32,37H,1,7-15,17,20-23H2,2-5H3,(H,46,55)(H,47,52)(H,49,54)/t27-,28-,32+,37+,43-/m1/s1. The maximum absolute atomic E-state index is 14.9. The zero-order valence-electron chi connectivity index (χ0n) is 35.7. The van der Waals surface area contributed by atoms with E-state index in [1.165, 1.54) is 11.0 Å². The maximum atomic E-state index is 14.9. The summed E-state index contributed by atoms with van der Waals surface area (Å²) in [5.74, 6) is -1.05. The number of amides is 4. The van der Waals surface area contributed by atoms with Crippen LogP contribution in [0.1, 0.15) is 89.4 Å². The first-order chi connectivity index (χ1) is 29.6. The molecule has 8 rings (SSSR count). The molecule has 18 nitrogen and oxygen atoms in total. The minimum Gasteiger partial charge on any atom is -0.496 e. The van der Waals surface area contributed by atoms with Crippen LogP contribution in [-0.4, -0.2) is 106 Å². The number of hydrogen-bond acceptors (Lipinski definition) is 13. The van der Waals surface area contributed by atoms with Gasteiger partial charge in [0, 0.05) is 36.9 Å². The first-order valence-corrected chi connectivity index (χ1v) is 23.0. The van der Waals surface area contributed by atoms with Gasteiger partial charge in [0.1, 0.15) is 41.6 Å².